The summed E-state index contributed by atoms with van der Waals surface area (Å²) in [4.78, 5) is 1.03. The molecule has 1 rings (SSSR count). The van der Waals surface area contributed by atoms with E-state index in [1.54, 1.807) is 23.9 Å². The van der Waals surface area contributed by atoms with Crippen LogP contribution in [0.4, 0.5) is 10.1 Å². The van der Waals surface area contributed by atoms with Crippen LogP contribution in [0.15, 0.2) is 35.7 Å². The Hall–Kier alpha value is -0.960. The minimum absolute atomic E-state index is 0.506. The molecule has 0 fully saturated rings. The number of thioether (sulfide) groups is 1. The average molecular weight is 197 g/mol. The first-order chi connectivity index (χ1) is 6.27. The molecule has 1 aromatic carbocycles. The molecule has 13 heavy (non-hydrogen) atoms. The van der Waals surface area contributed by atoms with Gasteiger partial charge < -0.3 is 5.73 Å². The second kappa shape index (κ2) is 4.92. The van der Waals surface area contributed by atoms with Gasteiger partial charge in [-0.1, -0.05) is 6.08 Å². The Labute approximate surface area is 81.8 Å². The van der Waals surface area contributed by atoms with Crippen molar-refractivity contribution in [3.63, 3.8) is 0 Å². The summed E-state index contributed by atoms with van der Waals surface area (Å²) in [5, 5.41) is 0. The lowest BCUT2D eigenvalue weighted by atomic mass is 10.2. The highest BCUT2D eigenvalue weighted by atomic mass is 32.2. The zero-order chi connectivity index (χ0) is 9.68. The lowest BCUT2D eigenvalue weighted by Crippen LogP contribution is -1.91. The quantitative estimate of drug-likeness (QED) is 0.456. The number of benzene rings is 1. The fourth-order valence-corrected chi connectivity index (χ4v) is 1.64. The van der Waals surface area contributed by atoms with Gasteiger partial charge in [-0.05, 0) is 18.2 Å². The fraction of sp³-hybridized carbons (Fsp3) is 0.200. The molecular formula is C10H12FNS. The standard InChI is InChI=1S/C10H12FNS/c1-2-5-13-9-3-4-10(12)8(6-9)7-11/h2-4,6H,1,5,7,12H2. The van der Waals surface area contributed by atoms with Crippen LogP contribution in [0.2, 0.25) is 0 Å². The maximum Gasteiger partial charge on any atom is 0.117 e. The highest BCUT2D eigenvalue weighted by molar-refractivity contribution is 7.99. The molecule has 0 bridgehead atoms. The molecule has 0 saturated heterocycles. The van der Waals surface area contributed by atoms with Gasteiger partial charge in [0, 0.05) is 21.9 Å². The molecule has 0 aliphatic carbocycles. The highest BCUT2D eigenvalue weighted by Gasteiger charge is 2.00. The van der Waals surface area contributed by atoms with Crippen LogP contribution in [-0.4, -0.2) is 5.75 Å². The Balaban J connectivity index is 2.79. The van der Waals surface area contributed by atoms with Crippen LogP contribution in [0.1, 0.15) is 5.56 Å². The Kier molecular flexibility index (Phi) is 3.83. The predicted octanol–water partition coefficient (Wildman–Crippen LogP) is 3.02. The summed E-state index contributed by atoms with van der Waals surface area (Å²) in [7, 11) is 0. The number of hydrogen-bond donors (Lipinski definition) is 1. The molecule has 0 aliphatic rings. The second-order valence-corrected chi connectivity index (χ2v) is 3.69. The first-order valence-electron chi connectivity index (χ1n) is 3.96. The number of nitrogen functional groups attached to an aromatic ring is 1. The summed E-state index contributed by atoms with van der Waals surface area (Å²) in [6.07, 6.45) is 1.82. The van der Waals surface area contributed by atoms with Gasteiger partial charge in [-0.3, -0.25) is 0 Å². The van der Waals surface area contributed by atoms with E-state index in [0.717, 1.165) is 10.6 Å². The van der Waals surface area contributed by atoms with Crippen molar-refractivity contribution < 1.29 is 4.39 Å². The van der Waals surface area contributed by atoms with E-state index in [-0.39, 0.29) is 0 Å². The molecule has 3 heteroatoms. The van der Waals surface area contributed by atoms with Crippen LogP contribution in [0.25, 0.3) is 0 Å². The van der Waals surface area contributed by atoms with Crippen molar-refractivity contribution in [3.05, 3.63) is 36.4 Å². The van der Waals surface area contributed by atoms with E-state index >= 15 is 0 Å². The number of anilines is 1. The Morgan fingerprint density at radius 1 is 1.54 bits per heavy atom. The molecule has 1 nitrogen and oxygen atoms in total. The van der Waals surface area contributed by atoms with Crippen LogP contribution >= 0.6 is 11.8 Å². The number of halogens is 1. The zero-order valence-electron chi connectivity index (χ0n) is 7.29. The van der Waals surface area contributed by atoms with Gasteiger partial charge in [0.25, 0.3) is 0 Å². The van der Waals surface area contributed by atoms with Gasteiger partial charge in [0.2, 0.25) is 0 Å². The maximum atomic E-state index is 12.4. The molecule has 0 radical (unpaired) electrons. The van der Waals surface area contributed by atoms with Crippen LogP contribution in [0.5, 0.6) is 0 Å². The normalized spacial score (nSPS) is 9.92. The smallest absolute Gasteiger partial charge is 0.117 e. The van der Waals surface area contributed by atoms with Crippen LogP contribution in [-0.2, 0) is 6.67 Å². The zero-order valence-corrected chi connectivity index (χ0v) is 8.11. The van der Waals surface area contributed by atoms with E-state index in [4.69, 9.17) is 5.73 Å². The van der Waals surface area contributed by atoms with Crippen molar-refractivity contribution in [3.8, 4) is 0 Å². The SMILES string of the molecule is C=CCSc1ccc(N)c(CF)c1. The Bertz CT molecular complexity index is 299. The molecule has 2 N–H and O–H groups in total. The van der Waals surface area contributed by atoms with Gasteiger partial charge in [0.05, 0.1) is 0 Å². The van der Waals surface area contributed by atoms with Crippen molar-refractivity contribution in [2.24, 2.45) is 0 Å². The molecule has 0 heterocycles. The molecule has 1 aromatic rings. The van der Waals surface area contributed by atoms with Crippen LogP contribution in [0.3, 0.4) is 0 Å². The third kappa shape index (κ3) is 2.77. The largest absolute Gasteiger partial charge is 0.398 e. The van der Waals surface area contributed by atoms with E-state index < -0.39 is 6.67 Å². The van der Waals surface area contributed by atoms with Crippen LogP contribution in [0, 0.1) is 0 Å². The average Bonchev–Trinajstić information content (AvgIpc) is 2.16. The van der Waals surface area contributed by atoms with Crippen molar-refractivity contribution in [2.45, 2.75) is 11.6 Å². The predicted molar refractivity (Wildman–Crippen MR) is 56.6 cm³/mol. The molecule has 0 amide bonds. The van der Waals surface area contributed by atoms with Crippen molar-refractivity contribution in [2.75, 3.05) is 11.5 Å². The van der Waals surface area contributed by atoms with Gasteiger partial charge >= 0.3 is 0 Å². The first-order valence-corrected chi connectivity index (χ1v) is 4.94. The highest BCUT2D eigenvalue weighted by Crippen LogP contribution is 2.23. The summed E-state index contributed by atoms with van der Waals surface area (Å²) < 4.78 is 12.4. The topological polar surface area (TPSA) is 26.0 Å². The van der Waals surface area contributed by atoms with Gasteiger partial charge in [-0.15, -0.1) is 18.3 Å². The van der Waals surface area contributed by atoms with Gasteiger partial charge in [0.15, 0.2) is 0 Å². The number of nitrogens with two attached hydrogens (primary N) is 1. The first kappa shape index (κ1) is 10.1. The van der Waals surface area contributed by atoms with Crippen molar-refractivity contribution in [1.29, 1.82) is 0 Å². The summed E-state index contributed by atoms with van der Waals surface area (Å²) in [6.45, 7) is 3.11. The number of rotatable bonds is 4. The molecule has 0 atom stereocenters. The second-order valence-electron chi connectivity index (χ2n) is 2.59. The number of hydrogen-bond acceptors (Lipinski definition) is 2. The molecule has 0 saturated carbocycles. The monoisotopic (exact) mass is 197 g/mol. The van der Waals surface area contributed by atoms with E-state index in [0.29, 0.717) is 11.3 Å². The minimum Gasteiger partial charge on any atom is -0.398 e. The van der Waals surface area contributed by atoms with Crippen LogP contribution < -0.4 is 5.73 Å². The molecule has 0 aliphatic heterocycles. The minimum atomic E-state index is -0.506. The molecule has 70 valence electrons. The van der Waals surface area contributed by atoms with Gasteiger partial charge in [-0.2, -0.15) is 0 Å². The molecule has 0 spiro atoms. The Morgan fingerprint density at radius 3 is 2.92 bits per heavy atom. The summed E-state index contributed by atoms with van der Waals surface area (Å²) in [5.41, 5.74) is 6.64. The van der Waals surface area contributed by atoms with Crippen molar-refractivity contribution >= 4 is 17.4 Å². The van der Waals surface area contributed by atoms with E-state index in [9.17, 15) is 4.39 Å². The lowest BCUT2D eigenvalue weighted by Gasteiger charge is -2.03. The third-order valence-electron chi connectivity index (χ3n) is 1.63. The molecular weight excluding hydrogens is 185 g/mol. The van der Waals surface area contributed by atoms with Gasteiger partial charge in [0.1, 0.15) is 6.67 Å². The third-order valence-corrected chi connectivity index (χ3v) is 2.62. The lowest BCUT2D eigenvalue weighted by molar-refractivity contribution is 0.486. The summed E-state index contributed by atoms with van der Waals surface area (Å²) >= 11 is 1.62. The van der Waals surface area contributed by atoms with E-state index in [1.807, 2.05) is 12.1 Å². The van der Waals surface area contributed by atoms with E-state index in [2.05, 4.69) is 6.58 Å². The maximum absolute atomic E-state index is 12.4. The summed E-state index contributed by atoms with van der Waals surface area (Å²) in [5.74, 6) is 0.829. The van der Waals surface area contributed by atoms with Gasteiger partial charge in [-0.25, -0.2) is 4.39 Å². The molecule has 0 unspecified atom stereocenters. The number of alkyl halides is 1. The Morgan fingerprint density at radius 2 is 2.31 bits per heavy atom. The molecule has 0 aromatic heterocycles. The van der Waals surface area contributed by atoms with E-state index in [1.165, 1.54) is 0 Å². The fourth-order valence-electron chi connectivity index (χ4n) is 0.943. The summed E-state index contributed by atoms with van der Waals surface area (Å²) in [6, 6.07) is 5.41. The van der Waals surface area contributed by atoms with Crippen molar-refractivity contribution in [1.82, 2.24) is 0 Å².